The van der Waals surface area contributed by atoms with E-state index >= 15 is 0 Å². The maximum Gasteiger partial charge on any atom is 0.122 e. The largest absolute Gasteiger partial charge is 0.493 e. The van der Waals surface area contributed by atoms with E-state index in [1.807, 2.05) is 12.1 Å². The summed E-state index contributed by atoms with van der Waals surface area (Å²) in [6.45, 7) is 2.59. The van der Waals surface area contributed by atoms with Gasteiger partial charge in [0.15, 0.2) is 0 Å². The second-order valence-electron chi connectivity index (χ2n) is 5.13. The van der Waals surface area contributed by atoms with Crippen LogP contribution in [-0.2, 0) is 12.4 Å². The molecule has 1 unspecified atom stereocenters. The molecule has 1 aliphatic heterocycles. The van der Waals surface area contributed by atoms with Gasteiger partial charge in [-0.15, -0.1) is 11.6 Å². The van der Waals surface area contributed by atoms with Gasteiger partial charge in [-0.3, -0.25) is 0 Å². The topological polar surface area (TPSA) is 21.3 Å². The summed E-state index contributed by atoms with van der Waals surface area (Å²) in [7, 11) is 0. The minimum Gasteiger partial charge on any atom is -0.493 e. The molecular formula is C17H18ClNO. The molecule has 0 aliphatic carbocycles. The van der Waals surface area contributed by atoms with Gasteiger partial charge in [-0.2, -0.15) is 0 Å². The number of ether oxygens (including phenoxy) is 1. The van der Waals surface area contributed by atoms with Gasteiger partial charge in [-0.25, -0.2) is 0 Å². The first-order valence-corrected chi connectivity index (χ1v) is 7.46. The lowest BCUT2D eigenvalue weighted by Crippen LogP contribution is -2.22. The second-order valence-corrected chi connectivity index (χ2v) is 5.39. The smallest absolute Gasteiger partial charge is 0.122 e. The van der Waals surface area contributed by atoms with Gasteiger partial charge >= 0.3 is 0 Å². The molecule has 0 saturated carbocycles. The Morgan fingerprint density at radius 2 is 1.80 bits per heavy atom. The molecule has 3 heteroatoms. The fraction of sp³-hybridized carbons (Fsp3) is 0.294. The summed E-state index contributed by atoms with van der Waals surface area (Å²) in [5.74, 6) is 2.06. The van der Waals surface area contributed by atoms with E-state index in [2.05, 4.69) is 41.7 Å². The second kappa shape index (κ2) is 6.29. The molecule has 0 radical (unpaired) electrons. The van der Waals surface area contributed by atoms with Crippen molar-refractivity contribution in [2.75, 3.05) is 13.2 Å². The van der Waals surface area contributed by atoms with E-state index < -0.39 is 0 Å². The van der Waals surface area contributed by atoms with E-state index in [9.17, 15) is 0 Å². The zero-order chi connectivity index (χ0) is 13.8. The Kier molecular flexibility index (Phi) is 4.24. The third-order valence-electron chi connectivity index (χ3n) is 3.70. The lowest BCUT2D eigenvalue weighted by molar-refractivity contribution is 0.326. The summed E-state index contributed by atoms with van der Waals surface area (Å²) in [5, 5.41) is 3.51. The fourth-order valence-corrected chi connectivity index (χ4v) is 2.71. The zero-order valence-corrected chi connectivity index (χ0v) is 12.1. The highest BCUT2D eigenvalue weighted by atomic mass is 35.5. The van der Waals surface area contributed by atoms with Crippen molar-refractivity contribution in [1.29, 1.82) is 0 Å². The fourth-order valence-electron chi connectivity index (χ4n) is 2.54. The number of nitrogens with one attached hydrogen (secondary N) is 1. The number of rotatable bonds is 5. The van der Waals surface area contributed by atoms with Crippen molar-refractivity contribution in [3.05, 3.63) is 65.2 Å². The van der Waals surface area contributed by atoms with Crippen LogP contribution in [-0.4, -0.2) is 13.2 Å². The maximum atomic E-state index is 5.79. The number of halogens is 1. The third-order valence-corrected chi connectivity index (χ3v) is 4.00. The van der Waals surface area contributed by atoms with Crippen LogP contribution in [0, 0.1) is 0 Å². The molecule has 0 bridgehead atoms. The number of benzene rings is 2. The third kappa shape index (κ3) is 2.97. The van der Waals surface area contributed by atoms with Gasteiger partial charge in [0.2, 0.25) is 0 Å². The minimum atomic E-state index is 0.452. The van der Waals surface area contributed by atoms with Crippen LogP contribution in [0.15, 0.2) is 48.5 Å². The molecule has 1 aliphatic rings. The Balaban J connectivity index is 1.53. The monoisotopic (exact) mass is 287 g/mol. The van der Waals surface area contributed by atoms with E-state index in [1.165, 1.54) is 11.1 Å². The summed E-state index contributed by atoms with van der Waals surface area (Å²) in [5.41, 5.74) is 3.76. The Bertz CT molecular complexity index is 567. The predicted molar refractivity (Wildman–Crippen MR) is 82.4 cm³/mol. The highest BCUT2D eigenvalue weighted by Crippen LogP contribution is 2.32. The van der Waals surface area contributed by atoms with Gasteiger partial charge in [-0.1, -0.05) is 42.5 Å². The molecule has 2 aromatic rings. The summed E-state index contributed by atoms with van der Waals surface area (Å²) in [6.07, 6.45) is 0. The summed E-state index contributed by atoms with van der Waals surface area (Å²) >= 11 is 5.79. The first-order valence-electron chi connectivity index (χ1n) is 6.93. The van der Waals surface area contributed by atoms with Gasteiger partial charge in [0.05, 0.1) is 6.61 Å². The molecule has 1 heterocycles. The van der Waals surface area contributed by atoms with E-state index in [0.717, 1.165) is 31.0 Å². The van der Waals surface area contributed by atoms with Crippen molar-refractivity contribution in [3.63, 3.8) is 0 Å². The molecule has 0 amide bonds. The van der Waals surface area contributed by atoms with Gasteiger partial charge in [0, 0.05) is 30.5 Å². The van der Waals surface area contributed by atoms with Gasteiger partial charge in [0.25, 0.3) is 0 Å². The van der Waals surface area contributed by atoms with E-state index in [4.69, 9.17) is 16.3 Å². The first kappa shape index (κ1) is 13.5. The molecule has 3 rings (SSSR count). The SMILES string of the molecule is ClCc1ccc(CNCC2COc3ccccc32)cc1. The molecule has 104 valence electrons. The molecule has 0 fully saturated rings. The van der Waals surface area contributed by atoms with Crippen molar-refractivity contribution in [2.24, 2.45) is 0 Å². The quantitative estimate of drug-likeness (QED) is 0.847. The molecule has 0 spiro atoms. The Hall–Kier alpha value is -1.51. The highest BCUT2D eigenvalue weighted by molar-refractivity contribution is 6.17. The Morgan fingerprint density at radius 3 is 2.60 bits per heavy atom. The van der Waals surface area contributed by atoms with E-state index in [1.54, 1.807) is 0 Å². The molecule has 0 aromatic heterocycles. The summed E-state index contributed by atoms with van der Waals surface area (Å²) in [6, 6.07) is 16.7. The molecule has 0 saturated heterocycles. The van der Waals surface area contributed by atoms with E-state index in [-0.39, 0.29) is 0 Å². The molecule has 20 heavy (non-hydrogen) atoms. The van der Waals surface area contributed by atoms with Crippen LogP contribution in [0.3, 0.4) is 0 Å². The van der Waals surface area contributed by atoms with Gasteiger partial charge < -0.3 is 10.1 Å². The summed E-state index contributed by atoms with van der Waals surface area (Å²) in [4.78, 5) is 0. The van der Waals surface area contributed by atoms with Crippen LogP contribution in [0.2, 0.25) is 0 Å². The average Bonchev–Trinajstić information content (AvgIpc) is 2.92. The van der Waals surface area contributed by atoms with Crippen LogP contribution in [0.25, 0.3) is 0 Å². The van der Waals surface area contributed by atoms with Crippen molar-refractivity contribution < 1.29 is 4.74 Å². The molecule has 1 atom stereocenters. The molecular weight excluding hydrogens is 270 g/mol. The lowest BCUT2D eigenvalue weighted by atomic mass is 10.0. The minimum absolute atomic E-state index is 0.452. The highest BCUT2D eigenvalue weighted by Gasteiger charge is 2.22. The van der Waals surface area contributed by atoms with Crippen molar-refractivity contribution in [1.82, 2.24) is 5.32 Å². The normalized spacial score (nSPS) is 16.8. The number of hydrogen-bond acceptors (Lipinski definition) is 2. The lowest BCUT2D eigenvalue weighted by Gasteiger charge is -2.10. The van der Waals surface area contributed by atoms with Crippen LogP contribution in [0.1, 0.15) is 22.6 Å². The number of fused-ring (bicyclic) bond motifs is 1. The van der Waals surface area contributed by atoms with Crippen molar-refractivity contribution in [2.45, 2.75) is 18.3 Å². The van der Waals surface area contributed by atoms with Crippen LogP contribution in [0.4, 0.5) is 0 Å². The van der Waals surface area contributed by atoms with E-state index in [0.29, 0.717) is 11.8 Å². The molecule has 2 aromatic carbocycles. The number of para-hydroxylation sites is 1. The van der Waals surface area contributed by atoms with Crippen molar-refractivity contribution >= 4 is 11.6 Å². The zero-order valence-electron chi connectivity index (χ0n) is 11.3. The van der Waals surface area contributed by atoms with Crippen molar-refractivity contribution in [3.8, 4) is 5.75 Å². The summed E-state index contributed by atoms with van der Waals surface area (Å²) < 4.78 is 5.69. The maximum absolute atomic E-state index is 5.79. The van der Waals surface area contributed by atoms with Crippen LogP contribution >= 0.6 is 11.6 Å². The standard InChI is InChI=1S/C17H18ClNO/c18-9-13-5-7-14(8-6-13)10-19-11-15-12-20-17-4-2-1-3-16(15)17/h1-8,15,19H,9-12H2. The Labute approximate surface area is 124 Å². The molecule has 1 N–H and O–H groups in total. The predicted octanol–water partition coefficient (Wildman–Crippen LogP) is 3.69. The van der Waals surface area contributed by atoms with Gasteiger partial charge in [-0.05, 0) is 17.2 Å². The first-order chi connectivity index (χ1) is 9.86. The Morgan fingerprint density at radius 1 is 1.05 bits per heavy atom. The average molecular weight is 288 g/mol. The van der Waals surface area contributed by atoms with Crippen LogP contribution in [0.5, 0.6) is 5.75 Å². The number of hydrogen-bond donors (Lipinski definition) is 1. The molecule has 2 nitrogen and oxygen atoms in total. The number of alkyl halides is 1. The van der Waals surface area contributed by atoms with Crippen LogP contribution < -0.4 is 10.1 Å². The van der Waals surface area contributed by atoms with Gasteiger partial charge in [0.1, 0.15) is 5.75 Å².